The molecule has 0 spiro atoms. The first-order valence-corrected chi connectivity index (χ1v) is 3.78. The highest BCUT2D eigenvalue weighted by Crippen LogP contribution is 2.06. The lowest BCUT2D eigenvalue weighted by Crippen LogP contribution is -1.89. The number of hydrogen-bond donors (Lipinski definition) is 0. The molecule has 0 saturated heterocycles. The highest BCUT2D eigenvalue weighted by atomic mass is 35.5. The number of carbonyl (C=O) groups excluding carboxylic acids is 1. The molecular weight excluding hydrogens is 136 g/mol. The summed E-state index contributed by atoms with van der Waals surface area (Å²) >= 11 is 5.67. The smallest absolute Gasteiger partial charge is 0.119 e. The van der Waals surface area contributed by atoms with E-state index >= 15 is 0 Å². The predicted molar refractivity (Wildman–Crippen MR) is 39.8 cm³/mol. The third kappa shape index (κ3) is 7.96. The van der Waals surface area contributed by atoms with Gasteiger partial charge >= 0.3 is 0 Å². The Bertz CT molecular complexity index is 71.3. The normalized spacial score (nSPS) is 13.1. The molecule has 54 valence electrons. The van der Waals surface area contributed by atoms with E-state index in [9.17, 15) is 4.79 Å². The molecule has 0 aromatic heterocycles. The minimum absolute atomic E-state index is 0.261. The second-order valence-electron chi connectivity index (χ2n) is 2.23. The molecule has 2 heteroatoms. The zero-order chi connectivity index (χ0) is 7.11. The summed E-state index contributed by atoms with van der Waals surface area (Å²) in [7, 11) is 0. The van der Waals surface area contributed by atoms with Crippen molar-refractivity contribution in [3.63, 3.8) is 0 Å². The molecule has 0 aromatic rings. The molecular formula is C7H13ClO. The van der Waals surface area contributed by atoms with E-state index in [0.717, 1.165) is 25.5 Å². The number of carbonyl (C=O) groups is 1. The van der Waals surface area contributed by atoms with E-state index in [1.807, 2.05) is 6.92 Å². The van der Waals surface area contributed by atoms with Crippen LogP contribution in [0.2, 0.25) is 0 Å². The Morgan fingerprint density at radius 1 is 1.56 bits per heavy atom. The molecule has 0 aliphatic rings. The first-order valence-electron chi connectivity index (χ1n) is 3.35. The molecule has 0 radical (unpaired) electrons. The zero-order valence-electron chi connectivity index (χ0n) is 5.77. The van der Waals surface area contributed by atoms with E-state index in [4.69, 9.17) is 11.6 Å². The Morgan fingerprint density at radius 2 is 2.22 bits per heavy atom. The molecule has 0 bridgehead atoms. The van der Waals surface area contributed by atoms with Crippen LogP contribution < -0.4 is 0 Å². The zero-order valence-corrected chi connectivity index (χ0v) is 6.53. The van der Waals surface area contributed by atoms with Crippen molar-refractivity contribution in [2.45, 2.75) is 38.0 Å². The Kier molecular flexibility index (Phi) is 6.06. The van der Waals surface area contributed by atoms with Crippen molar-refractivity contribution in [3.05, 3.63) is 0 Å². The molecule has 0 aliphatic carbocycles. The molecule has 0 fully saturated rings. The van der Waals surface area contributed by atoms with Gasteiger partial charge in [0.25, 0.3) is 0 Å². The summed E-state index contributed by atoms with van der Waals surface area (Å²) in [4.78, 5) is 9.82. The predicted octanol–water partition coefficient (Wildman–Crippen LogP) is 2.37. The van der Waals surface area contributed by atoms with Gasteiger partial charge in [0.1, 0.15) is 6.29 Å². The summed E-state index contributed by atoms with van der Waals surface area (Å²) in [5.74, 6) is 0. The van der Waals surface area contributed by atoms with Gasteiger partial charge in [-0.1, -0.05) is 6.42 Å². The van der Waals surface area contributed by atoms with Gasteiger partial charge in [0.15, 0.2) is 0 Å². The summed E-state index contributed by atoms with van der Waals surface area (Å²) in [5, 5.41) is 0.261. The number of halogens is 1. The van der Waals surface area contributed by atoms with Crippen molar-refractivity contribution < 1.29 is 4.79 Å². The summed E-state index contributed by atoms with van der Waals surface area (Å²) in [5.41, 5.74) is 0. The van der Waals surface area contributed by atoms with Gasteiger partial charge in [-0.15, -0.1) is 11.6 Å². The van der Waals surface area contributed by atoms with Crippen LogP contribution >= 0.6 is 11.6 Å². The molecule has 0 aliphatic heterocycles. The van der Waals surface area contributed by atoms with E-state index in [0.29, 0.717) is 6.42 Å². The molecule has 0 heterocycles. The quantitative estimate of drug-likeness (QED) is 0.332. The van der Waals surface area contributed by atoms with Crippen molar-refractivity contribution in [2.75, 3.05) is 0 Å². The maximum Gasteiger partial charge on any atom is 0.119 e. The lowest BCUT2D eigenvalue weighted by molar-refractivity contribution is -0.107. The number of alkyl halides is 1. The van der Waals surface area contributed by atoms with Gasteiger partial charge in [0.05, 0.1) is 0 Å². The molecule has 0 N–H and O–H groups in total. The van der Waals surface area contributed by atoms with Crippen molar-refractivity contribution in [2.24, 2.45) is 0 Å². The largest absolute Gasteiger partial charge is 0.303 e. The molecule has 0 aromatic carbocycles. The van der Waals surface area contributed by atoms with Gasteiger partial charge in [-0.05, 0) is 19.8 Å². The lowest BCUT2D eigenvalue weighted by Gasteiger charge is -1.98. The molecule has 1 nitrogen and oxygen atoms in total. The summed E-state index contributed by atoms with van der Waals surface area (Å²) < 4.78 is 0. The molecule has 0 rings (SSSR count). The topological polar surface area (TPSA) is 17.1 Å². The summed E-state index contributed by atoms with van der Waals surface area (Å²) in [6, 6.07) is 0. The van der Waals surface area contributed by atoms with E-state index in [-0.39, 0.29) is 5.38 Å². The number of rotatable bonds is 5. The monoisotopic (exact) mass is 148 g/mol. The van der Waals surface area contributed by atoms with Crippen LogP contribution in [0.5, 0.6) is 0 Å². The van der Waals surface area contributed by atoms with Crippen molar-refractivity contribution in [1.29, 1.82) is 0 Å². The van der Waals surface area contributed by atoms with Crippen LogP contribution in [-0.4, -0.2) is 11.7 Å². The summed E-state index contributed by atoms with van der Waals surface area (Å²) in [6.07, 6.45) is 4.72. The Hall–Kier alpha value is -0.0400. The second kappa shape index (κ2) is 6.09. The Morgan fingerprint density at radius 3 is 2.67 bits per heavy atom. The van der Waals surface area contributed by atoms with Crippen LogP contribution in [0.25, 0.3) is 0 Å². The lowest BCUT2D eigenvalue weighted by atomic mass is 10.2. The van der Waals surface area contributed by atoms with Crippen LogP contribution in [0, 0.1) is 0 Å². The van der Waals surface area contributed by atoms with Crippen LogP contribution in [0.1, 0.15) is 32.6 Å². The maximum absolute atomic E-state index is 9.82. The fraction of sp³-hybridized carbons (Fsp3) is 0.857. The van der Waals surface area contributed by atoms with Gasteiger partial charge in [0.2, 0.25) is 0 Å². The molecule has 1 unspecified atom stereocenters. The van der Waals surface area contributed by atoms with Gasteiger partial charge in [-0.3, -0.25) is 0 Å². The van der Waals surface area contributed by atoms with Crippen LogP contribution in [0.15, 0.2) is 0 Å². The average molecular weight is 149 g/mol. The Labute approximate surface area is 61.4 Å². The molecule has 0 amide bonds. The number of hydrogen-bond acceptors (Lipinski definition) is 1. The van der Waals surface area contributed by atoms with Crippen molar-refractivity contribution >= 4 is 17.9 Å². The van der Waals surface area contributed by atoms with Gasteiger partial charge in [0, 0.05) is 11.8 Å². The molecule has 9 heavy (non-hydrogen) atoms. The highest BCUT2D eigenvalue weighted by Gasteiger charge is 1.94. The molecule has 0 saturated carbocycles. The van der Waals surface area contributed by atoms with Crippen molar-refractivity contribution in [1.82, 2.24) is 0 Å². The second-order valence-corrected chi connectivity index (χ2v) is 2.98. The fourth-order valence-corrected chi connectivity index (χ4v) is 0.808. The third-order valence-corrected chi connectivity index (χ3v) is 1.39. The SMILES string of the molecule is CC(Cl)CCCCC=O. The third-order valence-electron chi connectivity index (χ3n) is 1.17. The van der Waals surface area contributed by atoms with Gasteiger partial charge < -0.3 is 4.79 Å². The first-order chi connectivity index (χ1) is 4.27. The van der Waals surface area contributed by atoms with E-state index < -0.39 is 0 Å². The minimum atomic E-state index is 0.261. The highest BCUT2D eigenvalue weighted by molar-refractivity contribution is 6.20. The fourth-order valence-electron chi connectivity index (χ4n) is 0.653. The summed E-state index contributed by atoms with van der Waals surface area (Å²) in [6.45, 7) is 1.97. The number of aldehydes is 1. The van der Waals surface area contributed by atoms with Gasteiger partial charge in [-0.25, -0.2) is 0 Å². The first kappa shape index (κ1) is 8.96. The van der Waals surface area contributed by atoms with E-state index in [2.05, 4.69) is 0 Å². The molecule has 1 atom stereocenters. The Balaban J connectivity index is 2.82. The van der Waals surface area contributed by atoms with Crippen molar-refractivity contribution in [3.8, 4) is 0 Å². The van der Waals surface area contributed by atoms with E-state index in [1.165, 1.54) is 0 Å². The van der Waals surface area contributed by atoms with Gasteiger partial charge in [-0.2, -0.15) is 0 Å². The average Bonchev–Trinajstić information content (AvgIpc) is 1.80. The minimum Gasteiger partial charge on any atom is -0.303 e. The van der Waals surface area contributed by atoms with Crippen LogP contribution in [-0.2, 0) is 4.79 Å². The van der Waals surface area contributed by atoms with Crippen LogP contribution in [0.3, 0.4) is 0 Å². The maximum atomic E-state index is 9.82. The number of unbranched alkanes of at least 4 members (excludes halogenated alkanes) is 2. The standard InChI is InChI=1S/C7H13ClO/c1-7(8)5-3-2-4-6-9/h6-7H,2-5H2,1H3. The van der Waals surface area contributed by atoms with Crippen LogP contribution in [0.4, 0.5) is 0 Å². The van der Waals surface area contributed by atoms with E-state index in [1.54, 1.807) is 0 Å².